The zero-order valence-electron chi connectivity index (χ0n) is 12.0. The van der Waals surface area contributed by atoms with E-state index in [0.29, 0.717) is 17.8 Å². The number of aryl methyl sites for hydroxylation is 1. The Kier molecular flexibility index (Phi) is 3.21. The first-order chi connectivity index (χ1) is 10.0. The van der Waals surface area contributed by atoms with E-state index in [1.807, 2.05) is 19.3 Å². The van der Waals surface area contributed by atoms with Gasteiger partial charge in [-0.2, -0.15) is 5.10 Å². The quantitative estimate of drug-likeness (QED) is 0.920. The van der Waals surface area contributed by atoms with Crippen molar-refractivity contribution in [3.63, 3.8) is 0 Å². The molecule has 0 saturated carbocycles. The van der Waals surface area contributed by atoms with Crippen LogP contribution in [0.15, 0.2) is 30.6 Å². The number of nitrogens with zero attached hydrogens (tertiary/aromatic N) is 3. The minimum absolute atomic E-state index is 0.0261. The van der Waals surface area contributed by atoms with E-state index in [1.165, 1.54) is 0 Å². The summed E-state index contributed by atoms with van der Waals surface area (Å²) in [5.41, 5.74) is 3.24. The summed E-state index contributed by atoms with van der Waals surface area (Å²) in [6, 6.07) is 5.38. The van der Waals surface area contributed by atoms with Gasteiger partial charge in [-0.3, -0.25) is 14.3 Å². The molecule has 1 aliphatic heterocycles. The van der Waals surface area contributed by atoms with Crippen molar-refractivity contribution in [2.75, 3.05) is 12.4 Å². The summed E-state index contributed by atoms with van der Waals surface area (Å²) < 4.78 is 1.67. The molecule has 1 N–H and O–H groups in total. The Morgan fingerprint density at radius 2 is 2.19 bits per heavy atom. The predicted octanol–water partition coefficient (Wildman–Crippen LogP) is 1.19. The van der Waals surface area contributed by atoms with E-state index in [4.69, 9.17) is 0 Å². The maximum Gasteiger partial charge on any atom is 0.254 e. The number of carbonyl (C=O) groups excluding carboxylic acids is 2. The molecule has 1 aliphatic rings. The number of hydrogen-bond donors (Lipinski definition) is 1. The number of aromatic nitrogens is 2. The smallest absolute Gasteiger partial charge is 0.254 e. The first-order valence-electron chi connectivity index (χ1n) is 6.68. The molecule has 0 radical (unpaired) electrons. The number of hydrogen-bond acceptors (Lipinski definition) is 3. The fourth-order valence-corrected chi connectivity index (χ4v) is 2.50. The van der Waals surface area contributed by atoms with Crippen molar-refractivity contribution in [1.29, 1.82) is 0 Å². The van der Waals surface area contributed by atoms with Crippen LogP contribution < -0.4 is 5.32 Å². The highest BCUT2D eigenvalue weighted by Gasteiger charge is 2.24. The number of rotatable bonds is 3. The molecule has 2 heterocycles. The fourth-order valence-electron chi connectivity index (χ4n) is 2.50. The number of carbonyl (C=O) groups is 2. The van der Waals surface area contributed by atoms with Gasteiger partial charge in [0, 0.05) is 38.1 Å². The number of nitrogens with one attached hydrogen (secondary N) is 1. The molecule has 2 aromatic rings. The highest BCUT2D eigenvalue weighted by Crippen LogP contribution is 2.24. The van der Waals surface area contributed by atoms with Gasteiger partial charge in [0.15, 0.2) is 0 Å². The first-order valence-corrected chi connectivity index (χ1v) is 6.68. The van der Waals surface area contributed by atoms with Gasteiger partial charge in [0.05, 0.1) is 12.6 Å². The molecule has 1 aromatic heterocycles. The summed E-state index contributed by atoms with van der Waals surface area (Å²) >= 11 is 0. The fraction of sp³-hybridized carbons (Fsp3) is 0.267. The Labute approximate surface area is 122 Å². The Hall–Kier alpha value is -2.63. The second kappa shape index (κ2) is 5.05. The molecule has 0 unspecified atom stereocenters. The lowest BCUT2D eigenvalue weighted by atomic mass is 10.1. The average molecular weight is 284 g/mol. The molecule has 6 nitrogen and oxygen atoms in total. The molecular weight excluding hydrogens is 268 g/mol. The van der Waals surface area contributed by atoms with E-state index in [-0.39, 0.29) is 18.2 Å². The van der Waals surface area contributed by atoms with Crippen molar-refractivity contribution in [3.8, 4) is 0 Å². The van der Waals surface area contributed by atoms with Crippen molar-refractivity contribution in [1.82, 2.24) is 14.7 Å². The molecule has 0 spiro atoms. The summed E-state index contributed by atoms with van der Waals surface area (Å²) in [6.45, 7) is 0.584. The lowest BCUT2D eigenvalue weighted by molar-refractivity contribution is -0.115. The van der Waals surface area contributed by atoms with Gasteiger partial charge in [-0.15, -0.1) is 0 Å². The minimum Gasteiger partial charge on any atom is -0.337 e. The van der Waals surface area contributed by atoms with Gasteiger partial charge >= 0.3 is 0 Å². The SMILES string of the molecule is CN1Cc2cc(NC(=O)Cc3cnn(C)c3)ccc2C1=O. The second-order valence-electron chi connectivity index (χ2n) is 5.28. The van der Waals surface area contributed by atoms with E-state index in [2.05, 4.69) is 10.4 Å². The van der Waals surface area contributed by atoms with Gasteiger partial charge in [-0.05, 0) is 29.3 Å². The van der Waals surface area contributed by atoms with Crippen LogP contribution in [-0.4, -0.2) is 33.5 Å². The second-order valence-corrected chi connectivity index (χ2v) is 5.28. The first kappa shape index (κ1) is 13.4. The highest BCUT2D eigenvalue weighted by atomic mass is 16.2. The third-order valence-electron chi connectivity index (χ3n) is 3.50. The monoisotopic (exact) mass is 284 g/mol. The van der Waals surface area contributed by atoms with Crippen LogP contribution in [0.3, 0.4) is 0 Å². The Morgan fingerprint density at radius 3 is 2.90 bits per heavy atom. The predicted molar refractivity (Wildman–Crippen MR) is 77.8 cm³/mol. The molecule has 0 fully saturated rings. The summed E-state index contributed by atoms with van der Waals surface area (Å²) in [7, 11) is 3.58. The lowest BCUT2D eigenvalue weighted by Crippen LogP contribution is -2.17. The van der Waals surface area contributed by atoms with Crippen LogP contribution in [0.4, 0.5) is 5.69 Å². The summed E-state index contributed by atoms with van der Waals surface area (Å²) in [4.78, 5) is 25.5. The molecule has 0 atom stereocenters. The molecule has 6 heteroatoms. The van der Waals surface area contributed by atoms with Crippen LogP contribution >= 0.6 is 0 Å². The Balaban J connectivity index is 1.70. The van der Waals surface area contributed by atoms with Crippen molar-refractivity contribution < 1.29 is 9.59 Å². The van der Waals surface area contributed by atoms with Gasteiger partial charge in [0.1, 0.15) is 0 Å². The van der Waals surface area contributed by atoms with E-state index in [9.17, 15) is 9.59 Å². The maximum absolute atomic E-state index is 12.0. The van der Waals surface area contributed by atoms with Gasteiger partial charge in [-0.25, -0.2) is 0 Å². The standard InChI is InChI=1S/C15H16N4O2/c1-18-9-11-6-12(3-4-13(11)15(18)21)17-14(20)5-10-7-16-19(2)8-10/h3-4,6-8H,5,9H2,1-2H3,(H,17,20). The average Bonchev–Trinajstić information content (AvgIpc) is 2.94. The lowest BCUT2D eigenvalue weighted by Gasteiger charge is -2.06. The normalized spacial score (nSPS) is 13.4. The van der Waals surface area contributed by atoms with E-state index in [1.54, 1.807) is 35.0 Å². The van der Waals surface area contributed by atoms with Crippen molar-refractivity contribution in [2.24, 2.45) is 7.05 Å². The van der Waals surface area contributed by atoms with Crippen LogP contribution in [0.1, 0.15) is 21.5 Å². The molecule has 2 amide bonds. The van der Waals surface area contributed by atoms with Crippen LogP contribution in [-0.2, 0) is 24.8 Å². The summed E-state index contributed by atoms with van der Waals surface area (Å²) in [6.07, 6.45) is 3.77. The molecule has 0 aliphatic carbocycles. The molecule has 108 valence electrons. The molecule has 3 rings (SSSR count). The Morgan fingerprint density at radius 1 is 1.38 bits per heavy atom. The van der Waals surface area contributed by atoms with Crippen molar-refractivity contribution >= 4 is 17.5 Å². The summed E-state index contributed by atoms with van der Waals surface area (Å²) in [5, 5.41) is 6.89. The van der Waals surface area contributed by atoms with E-state index >= 15 is 0 Å². The van der Waals surface area contributed by atoms with Gasteiger partial charge < -0.3 is 10.2 Å². The molecule has 21 heavy (non-hydrogen) atoms. The topological polar surface area (TPSA) is 67.2 Å². The van der Waals surface area contributed by atoms with Crippen LogP contribution in [0.2, 0.25) is 0 Å². The van der Waals surface area contributed by atoms with Gasteiger partial charge in [0.25, 0.3) is 5.91 Å². The maximum atomic E-state index is 12.0. The van der Waals surface area contributed by atoms with E-state index < -0.39 is 0 Å². The number of fused-ring (bicyclic) bond motifs is 1. The molecule has 0 bridgehead atoms. The van der Waals surface area contributed by atoms with Crippen LogP contribution in [0, 0.1) is 0 Å². The zero-order valence-corrected chi connectivity index (χ0v) is 12.0. The van der Waals surface area contributed by atoms with E-state index in [0.717, 1.165) is 11.1 Å². The number of anilines is 1. The molecule has 1 aromatic carbocycles. The third kappa shape index (κ3) is 2.65. The van der Waals surface area contributed by atoms with Crippen molar-refractivity contribution in [2.45, 2.75) is 13.0 Å². The largest absolute Gasteiger partial charge is 0.337 e. The Bertz CT molecular complexity index is 720. The van der Waals surface area contributed by atoms with Crippen molar-refractivity contribution in [3.05, 3.63) is 47.3 Å². The van der Waals surface area contributed by atoms with Gasteiger partial charge in [-0.1, -0.05) is 0 Å². The minimum atomic E-state index is -0.0966. The zero-order chi connectivity index (χ0) is 15.0. The van der Waals surface area contributed by atoms with Crippen LogP contribution in [0.5, 0.6) is 0 Å². The van der Waals surface area contributed by atoms with Crippen LogP contribution in [0.25, 0.3) is 0 Å². The molecular formula is C15H16N4O2. The third-order valence-corrected chi connectivity index (χ3v) is 3.50. The number of amides is 2. The van der Waals surface area contributed by atoms with Gasteiger partial charge in [0.2, 0.25) is 5.91 Å². The molecule has 0 saturated heterocycles. The highest BCUT2D eigenvalue weighted by molar-refractivity contribution is 5.99. The number of benzene rings is 1. The summed E-state index contributed by atoms with van der Waals surface area (Å²) in [5.74, 6) is -0.0705.